The second-order valence-corrected chi connectivity index (χ2v) is 13.8. The summed E-state index contributed by atoms with van der Waals surface area (Å²) in [6.07, 6.45) is 0.691. The van der Waals surface area contributed by atoms with Gasteiger partial charge in [0.1, 0.15) is 12.2 Å². The standard InChI is InChI=1S/2C8H18O4Si/c2*1-9-13(3,10-2)5-4-11-6-8-7-12-8/h2*8H,4-7H2,1-3H3. The first kappa shape index (κ1) is 24.2. The monoisotopic (exact) mass is 412 g/mol. The fraction of sp³-hybridized carbons (Fsp3) is 1.00. The van der Waals surface area contributed by atoms with E-state index < -0.39 is 17.1 Å². The molecule has 0 bridgehead atoms. The Morgan fingerprint density at radius 1 is 0.692 bits per heavy atom. The van der Waals surface area contributed by atoms with E-state index in [1.807, 2.05) is 13.1 Å². The summed E-state index contributed by atoms with van der Waals surface area (Å²) in [6, 6.07) is 1.74. The molecule has 2 aliphatic rings. The molecule has 0 aliphatic carbocycles. The molecule has 2 fully saturated rings. The number of ether oxygens (including phenoxy) is 4. The van der Waals surface area contributed by atoms with Gasteiger partial charge in [-0.1, -0.05) is 0 Å². The van der Waals surface area contributed by atoms with Gasteiger partial charge in [-0.15, -0.1) is 0 Å². The van der Waals surface area contributed by atoms with Crippen molar-refractivity contribution in [1.29, 1.82) is 0 Å². The van der Waals surface area contributed by atoms with Gasteiger partial charge < -0.3 is 36.7 Å². The Morgan fingerprint density at radius 3 is 1.23 bits per heavy atom. The zero-order chi connectivity index (χ0) is 19.5. The van der Waals surface area contributed by atoms with Crippen molar-refractivity contribution in [1.82, 2.24) is 0 Å². The van der Waals surface area contributed by atoms with E-state index in [0.29, 0.717) is 38.6 Å². The molecule has 0 spiro atoms. The van der Waals surface area contributed by atoms with Crippen LogP contribution in [0, 0.1) is 0 Å². The van der Waals surface area contributed by atoms with Crippen LogP contribution in [0.1, 0.15) is 0 Å². The molecule has 2 aliphatic heterocycles. The molecule has 8 nitrogen and oxygen atoms in total. The molecular formula is C16H36O8Si2. The van der Waals surface area contributed by atoms with Crippen LogP contribution in [0.25, 0.3) is 0 Å². The second kappa shape index (κ2) is 12.5. The number of rotatable bonds is 14. The van der Waals surface area contributed by atoms with Gasteiger partial charge in [-0.2, -0.15) is 0 Å². The summed E-state index contributed by atoms with van der Waals surface area (Å²) < 4.78 is 42.1. The van der Waals surface area contributed by atoms with Crippen molar-refractivity contribution in [3.8, 4) is 0 Å². The molecule has 0 aromatic heterocycles. The van der Waals surface area contributed by atoms with E-state index in [4.69, 9.17) is 36.7 Å². The third kappa shape index (κ3) is 11.1. The molecule has 0 N–H and O–H groups in total. The van der Waals surface area contributed by atoms with Crippen LogP contribution in [-0.2, 0) is 36.7 Å². The Morgan fingerprint density at radius 2 is 1.00 bits per heavy atom. The quantitative estimate of drug-likeness (QED) is 0.241. The second-order valence-electron chi connectivity index (χ2n) is 6.64. The SMILES string of the molecule is CO[Si](C)(CCOCC1CO1)OC.CO[Si](C)(CCOCC1CO1)OC. The molecule has 2 rings (SSSR count). The highest BCUT2D eigenvalue weighted by Gasteiger charge is 2.30. The van der Waals surface area contributed by atoms with E-state index in [1.165, 1.54) is 0 Å². The molecule has 2 saturated heterocycles. The van der Waals surface area contributed by atoms with E-state index >= 15 is 0 Å². The largest absolute Gasteiger partial charge is 0.398 e. The average molecular weight is 413 g/mol. The van der Waals surface area contributed by atoms with Gasteiger partial charge in [-0.25, -0.2) is 0 Å². The van der Waals surface area contributed by atoms with Gasteiger partial charge in [-0.05, 0) is 13.1 Å². The van der Waals surface area contributed by atoms with E-state index in [-0.39, 0.29) is 0 Å². The maximum Gasteiger partial charge on any atom is 0.336 e. The zero-order valence-electron chi connectivity index (χ0n) is 17.1. The van der Waals surface area contributed by atoms with Crippen LogP contribution in [0.4, 0.5) is 0 Å². The van der Waals surface area contributed by atoms with Gasteiger partial charge in [-0.3, -0.25) is 0 Å². The number of hydrogen-bond donors (Lipinski definition) is 0. The van der Waals surface area contributed by atoms with E-state index in [0.717, 1.165) is 25.3 Å². The smallest absolute Gasteiger partial charge is 0.336 e. The van der Waals surface area contributed by atoms with Crippen LogP contribution < -0.4 is 0 Å². The van der Waals surface area contributed by atoms with Crippen molar-refractivity contribution in [2.75, 3.05) is 68.1 Å². The van der Waals surface area contributed by atoms with Gasteiger partial charge in [0.15, 0.2) is 0 Å². The highest BCUT2D eigenvalue weighted by Crippen LogP contribution is 2.14. The lowest BCUT2D eigenvalue weighted by molar-refractivity contribution is 0.119. The molecule has 26 heavy (non-hydrogen) atoms. The van der Waals surface area contributed by atoms with Crippen molar-refractivity contribution in [2.45, 2.75) is 37.4 Å². The van der Waals surface area contributed by atoms with Gasteiger partial charge >= 0.3 is 17.1 Å². The molecule has 2 unspecified atom stereocenters. The Bertz CT molecular complexity index is 324. The van der Waals surface area contributed by atoms with Gasteiger partial charge in [0.05, 0.1) is 26.4 Å². The molecular weight excluding hydrogens is 376 g/mol. The van der Waals surface area contributed by atoms with Gasteiger partial charge in [0.25, 0.3) is 0 Å². The number of hydrogen-bond acceptors (Lipinski definition) is 8. The summed E-state index contributed by atoms with van der Waals surface area (Å²) in [5, 5.41) is 0. The minimum atomic E-state index is -1.91. The predicted octanol–water partition coefficient (Wildman–Crippen LogP) is 1.53. The van der Waals surface area contributed by atoms with Crippen LogP contribution in [0.15, 0.2) is 0 Å². The van der Waals surface area contributed by atoms with Crippen molar-refractivity contribution >= 4 is 17.1 Å². The molecule has 0 aromatic carbocycles. The van der Waals surface area contributed by atoms with Crippen LogP contribution in [0.2, 0.25) is 25.2 Å². The maximum atomic E-state index is 5.41. The zero-order valence-corrected chi connectivity index (χ0v) is 19.1. The lowest BCUT2D eigenvalue weighted by Crippen LogP contribution is -2.37. The minimum Gasteiger partial charge on any atom is -0.398 e. The van der Waals surface area contributed by atoms with Crippen molar-refractivity contribution in [3.63, 3.8) is 0 Å². The van der Waals surface area contributed by atoms with Crippen molar-refractivity contribution in [2.24, 2.45) is 0 Å². The fourth-order valence-electron chi connectivity index (χ4n) is 1.85. The summed E-state index contributed by atoms with van der Waals surface area (Å²) in [7, 11) is 2.95. The maximum absolute atomic E-state index is 5.41. The Kier molecular flexibility index (Phi) is 11.7. The first-order valence-electron chi connectivity index (χ1n) is 8.99. The highest BCUT2D eigenvalue weighted by molar-refractivity contribution is 6.66. The van der Waals surface area contributed by atoms with E-state index in [9.17, 15) is 0 Å². The average Bonchev–Trinajstić information content (AvgIpc) is 3.57. The number of epoxide rings is 2. The van der Waals surface area contributed by atoms with Crippen molar-refractivity contribution < 1.29 is 36.7 Å². The van der Waals surface area contributed by atoms with Gasteiger partial charge in [0, 0.05) is 53.7 Å². The van der Waals surface area contributed by atoms with Crippen LogP contribution >= 0.6 is 0 Å². The lowest BCUT2D eigenvalue weighted by atomic mass is 10.5. The Hall–Kier alpha value is 0.114. The van der Waals surface area contributed by atoms with E-state index in [1.54, 1.807) is 28.4 Å². The van der Waals surface area contributed by atoms with Gasteiger partial charge in [0.2, 0.25) is 0 Å². The van der Waals surface area contributed by atoms with Crippen LogP contribution in [0.3, 0.4) is 0 Å². The molecule has 0 radical (unpaired) electrons. The molecule has 0 saturated carbocycles. The minimum absolute atomic E-state index is 0.345. The summed E-state index contributed by atoms with van der Waals surface area (Å²) in [5.74, 6) is 0. The first-order valence-corrected chi connectivity index (χ1v) is 14.0. The molecule has 2 atom stereocenters. The van der Waals surface area contributed by atoms with Crippen LogP contribution in [-0.4, -0.2) is 97.4 Å². The van der Waals surface area contributed by atoms with E-state index in [2.05, 4.69) is 0 Å². The lowest BCUT2D eigenvalue weighted by Gasteiger charge is -2.22. The third-order valence-electron chi connectivity index (χ3n) is 4.54. The Labute approximate surface area is 159 Å². The summed E-state index contributed by atoms with van der Waals surface area (Å²) >= 11 is 0. The predicted molar refractivity (Wildman–Crippen MR) is 102 cm³/mol. The highest BCUT2D eigenvalue weighted by atomic mass is 28.4. The van der Waals surface area contributed by atoms with Crippen molar-refractivity contribution in [3.05, 3.63) is 0 Å². The van der Waals surface area contributed by atoms with Crippen LogP contribution in [0.5, 0.6) is 0 Å². The first-order chi connectivity index (χ1) is 12.4. The molecule has 0 amide bonds. The summed E-state index contributed by atoms with van der Waals surface area (Å²) in [5.41, 5.74) is 0. The summed E-state index contributed by atoms with van der Waals surface area (Å²) in [4.78, 5) is 0. The Balaban J connectivity index is 0.000000260. The fourth-order valence-corrected chi connectivity index (χ4v) is 4.03. The molecule has 156 valence electrons. The molecule has 2 heterocycles. The third-order valence-corrected chi connectivity index (χ3v) is 10.2. The summed E-state index contributed by atoms with van der Waals surface area (Å²) in [6.45, 7) is 8.57. The molecule has 10 heteroatoms. The normalized spacial score (nSPS) is 21.9. The topological polar surface area (TPSA) is 80.4 Å². The molecule has 0 aromatic rings.